The number of nitrogens with one attached hydrogen (secondary N) is 1. The summed E-state index contributed by atoms with van der Waals surface area (Å²) >= 11 is 6.15. The standard InChI is InChI=1S/C16H24ClNO3/c1-4-5-9-20-15(19)11-21-16-13(10-18-12(2)3)7-6-8-14(16)17/h6-8,12,18H,4-5,9-11H2,1-3H3. The van der Waals surface area contributed by atoms with Crippen LogP contribution < -0.4 is 10.1 Å². The van der Waals surface area contributed by atoms with Crippen LogP contribution in [-0.2, 0) is 16.1 Å². The quantitative estimate of drug-likeness (QED) is 0.559. The second-order valence-corrected chi connectivity index (χ2v) is 5.53. The van der Waals surface area contributed by atoms with Gasteiger partial charge in [0.1, 0.15) is 5.75 Å². The lowest BCUT2D eigenvalue weighted by Gasteiger charge is -2.14. The molecule has 5 heteroatoms. The van der Waals surface area contributed by atoms with Crippen LogP contribution in [-0.4, -0.2) is 25.2 Å². The molecule has 0 aromatic heterocycles. The van der Waals surface area contributed by atoms with Crippen molar-refractivity contribution in [2.75, 3.05) is 13.2 Å². The highest BCUT2D eigenvalue weighted by Crippen LogP contribution is 2.28. The zero-order chi connectivity index (χ0) is 15.7. The van der Waals surface area contributed by atoms with Crippen molar-refractivity contribution >= 4 is 17.6 Å². The maximum Gasteiger partial charge on any atom is 0.344 e. The zero-order valence-corrected chi connectivity index (χ0v) is 13.7. The maximum atomic E-state index is 11.6. The summed E-state index contributed by atoms with van der Waals surface area (Å²) in [5.74, 6) is 0.172. The highest BCUT2D eigenvalue weighted by Gasteiger charge is 2.11. The van der Waals surface area contributed by atoms with E-state index < -0.39 is 0 Å². The van der Waals surface area contributed by atoms with Gasteiger partial charge in [0.2, 0.25) is 0 Å². The van der Waals surface area contributed by atoms with E-state index in [4.69, 9.17) is 21.1 Å². The molecule has 4 nitrogen and oxygen atoms in total. The third-order valence-corrected chi connectivity index (χ3v) is 3.14. The minimum absolute atomic E-state index is 0.123. The van der Waals surface area contributed by atoms with Crippen LogP contribution in [0, 0.1) is 0 Å². The van der Waals surface area contributed by atoms with Crippen LogP contribution in [0.5, 0.6) is 5.75 Å². The van der Waals surface area contributed by atoms with Gasteiger partial charge >= 0.3 is 5.97 Å². The van der Waals surface area contributed by atoms with Gasteiger partial charge in [-0.15, -0.1) is 0 Å². The number of hydrogen-bond donors (Lipinski definition) is 1. The number of ether oxygens (including phenoxy) is 2. The molecule has 21 heavy (non-hydrogen) atoms. The topological polar surface area (TPSA) is 47.6 Å². The third kappa shape index (κ3) is 6.82. The maximum absolute atomic E-state index is 11.6. The molecule has 0 radical (unpaired) electrons. The number of para-hydroxylation sites is 1. The van der Waals surface area contributed by atoms with E-state index in [1.807, 2.05) is 19.1 Å². The summed E-state index contributed by atoms with van der Waals surface area (Å²) in [5, 5.41) is 3.80. The Balaban J connectivity index is 2.58. The average molecular weight is 314 g/mol. The van der Waals surface area contributed by atoms with E-state index in [2.05, 4.69) is 19.2 Å². The van der Waals surface area contributed by atoms with Crippen molar-refractivity contribution in [1.82, 2.24) is 5.32 Å². The Morgan fingerprint density at radius 1 is 1.38 bits per heavy atom. The highest BCUT2D eigenvalue weighted by atomic mass is 35.5. The number of unbranched alkanes of at least 4 members (excludes halogenated alkanes) is 1. The van der Waals surface area contributed by atoms with E-state index in [9.17, 15) is 4.79 Å². The number of esters is 1. The lowest BCUT2D eigenvalue weighted by molar-refractivity contribution is -0.146. The second kappa shape index (κ2) is 9.64. The SMILES string of the molecule is CCCCOC(=O)COc1c(Cl)cccc1CNC(C)C. The number of hydrogen-bond acceptors (Lipinski definition) is 4. The molecule has 0 spiro atoms. The summed E-state index contributed by atoms with van der Waals surface area (Å²) in [7, 11) is 0. The van der Waals surface area contributed by atoms with Crippen molar-refractivity contribution in [2.24, 2.45) is 0 Å². The smallest absolute Gasteiger partial charge is 0.344 e. The summed E-state index contributed by atoms with van der Waals surface area (Å²) in [6, 6.07) is 5.90. The molecule has 0 atom stereocenters. The van der Waals surface area contributed by atoms with E-state index in [1.165, 1.54) is 0 Å². The van der Waals surface area contributed by atoms with Gasteiger partial charge in [0.15, 0.2) is 6.61 Å². The van der Waals surface area contributed by atoms with Gasteiger partial charge in [0.05, 0.1) is 11.6 Å². The fourth-order valence-electron chi connectivity index (χ4n) is 1.67. The molecule has 0 saturated heterocycles. The molecule has 1 aromatic carbocycles. The lowest BCUT2D eigenvalue weighted by atomic mass is 10.2. The minimum Gasteiger partial charge on any atom is -0.480 e. The molecular weight excluding hydrogens is 290 g/mol. The van der Waals surface area contributed by atoms with Gasteiger partial charge in [-0.25, -0.2) is 4.79 Å². The van der Waals surface area contributed by atoms with Crippen LogP contribution >= 0.6 is 11.6 Å². The molecule has 118 valence electrons. The first-order valence-electron chi connectivity index (χ1n) is 7.33. The molecule has 0 fully saturated rings. The van der Waals surface area contributed by atoms with Crippen LogP contribution in [0.15, 0.2) is 18.2 Å². The van der Waals surface area contributed by atoms with Gasteiger partial charge in [0, 0.05) is 18.2 Å². The second-order valence-electron chi connectivity index (χ2n) is 5.13. The Labute approximate surface area is 131 Å². The number of carbonyl (C=O) groups excluding carboxylic acids is 1. The largest absolute Gasteiger partial charge is 0.480 e. The van der Waals surface area contributed by atoms with Crippen molar-refractivity contribution in [1.29, 1.82) is 0 Å². The fraction of sp³-hybridized carbons (Fsp3) is 0.562. The number of rotatable bonds is 9. The van der Waals surface area contributed by atoms with Crippen molar-refractivity contribution in [3.05, 3.63) is 28.8 Å². The van der Waals surface area contributed by atoms with Crippen LogP contribution in [0.25, 0.3) is 0 Å². The van der Waals surface area contributed by atoms with Crippen molar-refractivity contribution in [2.45, 2.75) is 46.2 Å². The Kier molecular flexibility index (Phi) is 8.16. The van der Waals surface area contributed by atoms with E-state index >= 15 is 0 Å². The van der Waals surface area contributed by atoms with Crippen LogP contribution in [0.4, 0.5) is 0 Å². The summed E-state index contributed by atoms with van der Waals surface area (Å²) in [5.41, 5.74) is 0.928. The first-order valence-corrected chi connectivity index (χ1v) is 7.71. The lowest BCUT2D eigenvalue weighted by Crippen LogP contribution is -2.23. The predicted molar refractivity (Wildman–Crippen MR) is 84.8 cm³/mol. The summed E-state index contributed by atoms with van der Waals surface area (Å²) in [6.07, 6.45) is 1.85. The molecule has 0 amide bonds. The van der Waals surface area contributed by atoms with E-state index in [0.29, 0.717) is 30.0 Å². The first kappa shape index (κ1) is 17.8. The Bertz CT molecular complexity index is 449. The Hall–Kier alpha value is -1.26. The summed E-state index contributed by atoms with van der Waals surface area (Å²) < 4.78 is 10.6. The van der Waals surface area contributed by atoms with Gasteiger partial charge in [-0.1, -0.05) is 50.9 Å². The van der Waals surface area contributed by atoms with Crippen molar-refractivity contribution < 1.29 is 14.3 Å². The first-order chi connectivity index (χ1) is 10.0. The molecular formula is C16H24ClNO3. The van der Waals surface area contributed by atoms with Gasteiger partial charge in [0.25, 0.3) is 0 Å². The van der Waals surface area contributed by atoms with Gasteiger partial charge < -0.3 is 14.8 Å². The van der Waals surface area contributed by atoms with E-state index in [1.54, 1.807) is 6.07 Å². The Morgan fingerprint density at radius 2 is 2.14 bits per heavy atom. The third-order valence-electron chi connectivity index (χ3n) is 2.84. The molecule has 1 aromatic rings. The fourth-order valence-corrected chi connectivity index (χ4v) is 1.92. The van der Waals surface area contributed by atoms with E-state index in [-0.39, 0.29) is 12.6 Å². The molecule has 0 aliphatic carbocycles. The number of halogens is 1. The summed E-state index contributed by atoms with van der Waals surface area (Å²) in [4.78, 5) is 11.6. The van der Waals surface area contributed by atoms with Crippen LogP contribution in [0.2, 0.25) is 5.02 Å². The average Bonchev–Trinajstić information content (AvgIpc) is 2.44. The molecule has 1 N–H and O–H groups in total. The van der Waals surface area contributed by atoms with Crippen molar-refractivity contribution in [3.63, 3.8) is 0 Å². The van der Waals surface area contributed by atoms with Crippen LogP contribution in [0.1, 0.15) is 39.2 Å². The molecule has 0 saturated carbocycles. The number of carbonyl (C=O) groups is 1. The zero-order valence-electron chi connectivity index (χ0n) is 12.9. The van der Waals surface area contributed by atoms with E-state index in [0.717, 1.165) is 18.4 Å². The molecule has 0 unspecified atom stereocenters. The minimum atomic E-state index is -0.369. The molecule has 0 aliphatic heterocycles. The number of benzene rings is 1. The molecule has 1 rings (SSSR count). The van der Waals surface area contributed by atoms with Crippen molar-refractivity contribution in [3.8, 4) is 5.75 Å². The predicted octanol–water partition coefficient (Wildman–Crippen LogP) is 3.56. The summed E-state index contributed by atoms with van der Waals surface area (Å²) in [6.45, 7) is 7.12. The van der Waals surface area contributed by atoms with Gasteiger partial charge in [-0.2, -0.15) is 0 Å². The van der Waals surface area contributed by atoms with Gasteiger partial charge in [-0.3, -0.25) is 0 Å². The molecule has 0 bridgehead atoms. The monoisotopic (exact) mass is 313 g/mol. The highest BCUT2D eigenvalue weighted by molar-refractivity contribution is 6.32. The molecule has 0 aliphatic rings. The molecule has 0 heterocycles. The normalized spacial score (nSPS) is 10.7. The Morgan fingerprint density at radius 3 is 2.81 bits per heavy atom. The van der Waals surface area contributed by atoms with Crippen LogP contribution in [0.3, 0.4) is 0 Å². The van der Waals surface area contributed by atoms with Gasteiger partial charge in [-0.05, 0) is 12.5 Å².